The summed E-state index contributed by atoms with van der Waals surface area (Å²) in [5.41, 5.74) is 0. The monoisotopic (exact) mass is 476 g/mol. The number of hydrogen-bond donors (Lipinski definition) is 2. The van der Waals surface area contributed by atoms with E-state index in [9.17, 15) is 0 Å². The van der Waals surface area contributed by atoms with Gasteiger partial charge in [0.05, 0.1) is 0 Å². The maximum atomic E-state index is 4.69. The van der Waals surface area contributed by atoms with E-state index in [1.54, 1.807) is 0 Å². The van der Waals surface area contributed by atoms with Crippen LogP contribution in [0.4, 0.5) is 0 Å². The highest BCUT2D eigenvalue weighted by Crippen LogP contribution is 2.14. The molecule has 1 aliphatic heterocycles. The molecule has 7 heteroatoms. The van der Waals surface area contributed by atoms with Gasteiger partial charge in [0, 0.05) is 26.1 Å². The summed E-state index contributed by atoms with van der Waals surface area (Å²) in [6.45, 7) is 10.2. The number of aryl methyl sites for hydroxylation is 1. The number of nitrogens with zero attached hydrogens (tertiary/aromatic N) is 4. The first-order chi connectivity index (χ1) is 12.2. The fourth-order valence-corrected chi connectivity index (χ4v) is 3.21. The van der Waals surface area contributed by atoms with E-state index in [0.29, 0.717) is 6.54 Å². The van der Waals surface area contributed by atoms with Crippen molar-refractivity contribution in [2.45, 2.75) is 85.2 Å². The third kappa shape index (κ3) is 8.22. The first-order valence-electron chi connectivity index (χ1n) is 10.1. The first kappa shape index (κ1) is 23.2. The van der Waals surface area contributed by atoms with Crippen LogP contribution in [0.15, 0.2) is 4.99 Å². The van der Waals surface area contributed by atoms with E-state index in [4.69, 9.17) is 4.99 Å². The van der Waals surface area contributed by atoms with Gasteiger partial charge in [-0.05, 0) is 32.1 Å². The second-order valence-electron chi connectivity index (χ2n) is 7.36. The molecule has 1 aliphatic rings. The van der Waals surface area contributed by atoms with Gasteiger partial charge in [-0.3, -0.25) is 0 Å². The Morgan fingerprint density at radius 2 is 1.92 bits per heavy atom. The summed E-state index contributed by atoms with van der Waals surface area (Å²) < 4.78 is 2.24. The molecule has 0 aromatic carbocycles. The van der Waals surface area contributed by atoms with Crippen molar-refractivity contribution in [1.29, 1.82) is 0 Å². The summed E-state index contributed by atoms with van der Waals surface area (Å²) in [5, 5.41) is 15.4. The molecule has 2 rings (SSSR count). The fourth-order valence-electron chi connectivity index (χ4n) is 3.21. The molecule has 0 saturated carbocycles. The van der Waals surface area contributed by atoms with E-state index >= 15 is 0 Å². The number of fused-ring (bicyclic) bond motifs is 1. The summed E-state index contributed by atoms with van der Waals surface area (Å²) >= 11 is 0. The van der Waals surface area contributed by atoms with Gasteiger partial charge in [0.25, 0.3) is 0 Å². The topological polar surface area (TPSA) is 67.1 Å². The molecule has 0 amide bonds. The molecule has 0 atom stereocenters. The van der Waals surface area contributed by atoms with E-state index in [2.05, 4.69) is 46.2 Å². The third-order valence-electron chi connectivity index (χ3n) is 4.66. The summed E-state index contributed by atoms with van der Waals surface area (Å²) in [4.78, 5) is 4.69. The van der Waals surface area contributed by atoms with Gasteiger partial charge in [0.2, 0.25) is 0 Å². The predicted molar refractivity (Wildman–Crippen MR) is 119 cm³/mol. The van der Waals surface area contributed by atoms with Gasteiger partial charge < -0.3 is 15.2 Å². The van der Waals surface area contributed by atoms with Crippen LogP contribution in [0.5, 0.6) is 0 Å². The maximum absolute atomic E-state index is 4.69. The Kier molecular flexibility index (Phi) is 11.9. The minimum Gasteiger partial charge on any atom is -0.357 e. The summed E-state index contributed by atoms with van der Waals surface area (Å²) in [6, 6.07) is 0. The molecule has 0 fully saturated rings. The van der Waals surface area contributed by atoms with Gasteiger partial charge in [0.15, 0.2) is 11.8 Å². The van der Waals surface area contributed by atoms with Crippen LogP contribution >= 0.6 is 24.0 Å². The minimum atomic E-state index is 0. The molecule has 6 nitrogen and oxygen atoms in total. The van der Waals surface area contributed by atoms with Crippen molar-refractivity contribution in [1.82, 2.24) is 25.4 Å². The molecule has 0 bridgehead atoms. The number of halogens is 1. The molecule has 0 radical (unpaired) electrons. The van der Waals surface area contributed by atoms with Crippen LogP contribution in [0, 0.1) is 5.92 Å². The molecule has 2 heterocycles. The van der Waals surface area contributed by atoms with Crippen LogP contribution in [0.25, 0.3) is 0 Å². The van der Waals surface area contributed by atoms with Gasteiger partial charge in [-0.15, -0.1) is 34.2 Å². The Morgan fingerprint density at radius 3 is 2.69 bits per heavy atom. The van der Waals surface area contributed by atoms with E-state index in [1.165, 1.54) is 44.9 Å². The highest BCUT2D eigenvalue weighted by Gasteiger charge is 2.15. The quantitative estimate of drug-likeness (QED) is 0.233. The van der Waals surface area contributed by atoms with Crippen LogP contribution in [0.3, 0.4) is 0 Å². The van der Waals surface area contributed by atoms with Crippen molar-refractivity contribution < 1.29 is 0 Å². The number of guanidine groups is 1. The number of nitrogens with one attached hydrogen (secondary N) is 2. The number of aliphatic imine (C=N–C) groups is 1. The molecular weight excluding hydrogens is 439 g/mol. The highest BCUT2D eigenvalue weighted by molar-refractivity contribution is 14.0. The zero-order valence-corrected chi connectivity index (χ0v) is 19.1. The molecule has 0 saturated heterocycles. The SMILES string of the molecule is CCNC(=NCc1nnc2n1CCCC2)NCCCCCCC(C)C.I. The molecule has 2 N–H and O–H groups in total. The molecule has 26 heavy (non-hydrogen) atoms. The van der Waals surface area contributed by atoms with Crippen LogP contribution in [0.2, 0.25) is 0 Å². The van der Waals surface area contributed by atoms with Crippen molar-refractivity contribution in [3.63, 3.8) is 0 Å². The summed E-state index contributed by atoms with van der Waals surface area (Å²) in [7, 11) is 0. The molecule has 1 aromatic heterocycles. The lowest BCUT2D eigenvalue weighted by Gasteiger charge is -2.14. The molecular formula is C19H37IN6. The third-order valence-corrected chi connectivity index (χ3v) is 4.66. The Morgan fingerprint density at radius 1 is 1.12 bits per heavy atom. The lowest BCUT2D eigenvalue weighted by Crippen LogP contribution is -2.37. The van der Waals surface area contributed by atoms with Gasteiger partial charge in [-0.25, -0.2) is 4.99 Å². The second-order valence-corrected chi connectivity index (χ2v) is 7.36. The summed E-state index contributed by atoms with van der Waals surface area (Å²) in [5.74, 6) is 3.82. The Bertz CT molecular complexity index is 526. The van der Waals surface area contributed by atoms with Crippen LogP contribution in [-0.2, 0) is 19.5 Å². The zero-order valence-electron chi connectivity index (χ0n) is 16.8. The first-order valence-corrected chi connectivity index (χ1v) is 10.1. The van der Waals surface area contributed by atoms with Gasteiger partial charge >= 0.3 is 0 Å². The smallest absolute Gasteiger partial charge is 0.191 e. The number of aromatic nitrogens is 3. The number of rotatable bonds is 10. The normalized spacial score (nSPS) is 14.1. The maximum Gasteiger partial charge on any atom is 0.191 e. The molecule has 150 valence electrons. The number of hydrogen-bond acceptors (Lipinski definition) is 3. The molecule has 0 aliphatic carbocycles. The average molecular weight is 476 g/mol. The van der Waals surface area contributed by atoms with Crippen LogP contribution in [0.1, 0.15) is 77.4 Å². The standard InChI is InChI=1S/C19H36N6.HI/c1-4-20-19(21-13-9-6-5-7-11-16(2)3)22-15-18-24-23-17-12-8-10-14-25(17)18;/h16H,4-15H2,1-3H3,(H2,20,21,22);1H. The van der Waals surface area contributed by atoms with Crippen LogP contribution in [-0.4, -0.2) is 33.8 Å². The van der Waals surface area contributed by atoms with E-state index < -0.39 is 0 Å². The molecule has 0 spiro atoms. The average Bonchev–Trinajstić information content (AvgIpc) is 3.01. The Labute approximate surface area is 176 Å². The van der Waals surface area contributed by atoms with Crippen molar-refractivity contribution in [3.8, 4) is 0 Å². The van der Waals surface area contributed by atoms with Gasteiger partial charge in [-0.2, -0.15) is 0 Å². The number of unbranched alkanes of at least 4 members (excludes halogenated alkanes) is 3. The molecule has 1 aromatic rings. The van der Waals surface area contributed by atoms with E-state index in [0.717, 1.165) is 49.6 Å². The molecule has 0 unspecified atom stereocenters. The van der Waals surface area contributed by atoms with E-state index in [1.807, 2.05) is 0 Å². The van der Waals surface area contributed by atoms with Gasteiger partial charge in [-0.1, -0.05) is 39.5 Å². The van der Waals surface area contributed by atoms with Crippen LogP contribution < -0.4 is 10.6 Å². The highest BCUT2D eigenvalue weighted by atomic mass is 127. The minimum absolute atomic E-state index is 0. The Balaban J connectivity index is 0.00000338. The second kappa shape index (κ2) is 13.3. The Hall–Kier alpha value is -0.860. The zero-order chi connectivity index (χ0) is 17.9. The van der Waals surface area contributed by atoms with Crippen molar-refractivity contribution >= 4 is 29.9 Å². The largest absolute Gasteiger partial charge is 0.357 e. The van der Waals surface area contributed by atoms with Crippen molar-refractivity contribution in [3.05, 3.63) is 11.6 Å². The lowest BCUT2D eigenvalue weighted by molar-refractivity contribution is 0.507. The fraction of sp³-hybridized carbons (Fsp3) is 0.842. The van der Waals surface area contributed by atoms with Crippen molar-refractivity contribution in [2.75, 3.05) is 13.1 Å². The van der Waals surface area contributed by atoms with E-state index in [-0.39, 0.29) is 24.0 Å². The summed E-state index contributed by atoms with van der Waals surface area (Å²) in [6.07, 6.45) is 10.0. The lowest BCUT2D eigenvalue weighted by atomic mass is 10.0. The van der Waals surface area contributed by atoms with Crippen molar-refractivity contribution in [2.24, 2.45) is 10.9 Å². The predicted octanol–water partition coefficient (Wildman–Crippen LogP) is 3.89. The van der Waals surface area contributed by atoms with Gasteiger partial charge in [0.1, 0.15) is 12.4 Å².